The van der Waals surface area contributed by atoms with Crippen LogP contribution in [0.25, 0.3) is 0 Å². The molecular formula is C15H22ClNO. The molecule has 0 aliphatic carbocycles. The number of rotatable bonds is 4. The molecule has 100 valence electrons. The number of amides is 1. The van der Waals surface area contributed by atoms with Crippen molar-refractivity contribution in [3.05, 3.63) is 28.8 Å². The minimum Gasteiger partial charge on any atom is -0.309 e. The van der Waals surface area contributed by atoms with E-state index in [4.69, 9.17) is 11.6 Å². The summed E-state index contributed by atoms with van der Waals surface area (Å²) in [4.78, 5) is 13.7. The molecule has 0 saturated heterocycles. The minimum absolute atomic E-state index is 0.0196. The van der Waals surface area contributed by atoms with E-state index >= 15 is 0 Å². The molecule has 0 fully saturated rings. The summed E-state index contributed by atoms with van der Waals surface area (Å²) >= 11 is 5.69. The van der Waals surface area contributed by atoms with Crippen molar-refractivity contribution in [3.63, 3.8) is 0 Å². The van der Waals surface area contributed by atoms with Crippen molar-refractivity contribution in [1.29, 1.82) is 0 Å². The Labute approximate surface area is 115 Å². The lowest BCUT2D eigenvalue weighted by molar-refractivity contribution is -0.116. The molecule has 0 saturated carbocycles. The fraction of sp³-hybridized carbons (Fsp3) is 0.533. The molecule has 0 spiro atoms. The molecule has 1 aromatic rings. The number of benzene rings is 1. The van der Waals surface area contributed by atoms with E-state index < -0.39 is 0 Å². The molecule has 0 radical (unpaired) electrons. The predicted molar refractivity (Wildman–Crippen MR) is 78.6 cm³/mol. The maximum Gasteiger partial charge on any atom is 0.242 e. The maximum absolute atomic E-state index is 11.9. The van der Waals surface area contributed by atoms with E-state index in [0.29, 0.717) is 0 Å². The smallest absolute Gasteiger partial charge is 0.242 e. The van der Waals surface area contributed by atoms with Gasteiger partial charge in [-0.2, -0.15) is 0 Å². The first-order chi connectivity index (χ1) is 8.42. The van der Waals surface area contributed by atoms with Crippen molar-refractivity contribution in [2.45, 2.75) is 47.1 Å². The zero-order valence-electron chi connectivity index (χ0n) is 11.9. The second-order valence-corrected chi connectivity index (χ2v) is 5.17. The number of carbonyl (C=O) groups is 1. The van der Waals surface area contributed by atoms with Crippen molar-refractivity contribution >= 4 is 23.2 Å². The predicted octanol–water partition coefficient (Wildman–Crippen LogP) is 3.85. The van der Waals surface area contributed by atoms with Crippen LogP contribution < -0.4 is 4.90 Å². The highest BCUT2D eigenvalue weighted by molar-refractivity contribution is 6.29. The van der Waals surface area contributed by atoms with Gasteiger partial charge in [0.05, 0.1) is 0 Å². The van der Waals surface area contributed by atoms with Gasteiger partial charge in [-0.25, -0.2) is 0 Å². The highest BCUT2D eigenvalue weighted by Crippen LogP contribution is 2.25. The number of alkyl halides is 1. The van der Waals surface area contributed by atoms with Crippen LogP contribution in [0.1, 0.15) is 37.5 Å². The van der Waals surface area contributed by atoms with Crippen molar-refractivity contribution in [2.24, 2.45) is 0 Å². The molecule has 0 aromatic heterocycles. The van der Waals surface area contributed by atoms with Gasteiger partial charge in [-0.15, -0.1) is 11.6 Å². The van der Waals surface area contributed by atoms with Gasteiger partial charge in [0.2, 0.25) is 5.91 Å². The molecular weight excluding hydrogens is 246 g/mol. The third-order valence-electron chi connectivity index (χ3n) is 3.21. The Kier molecular flexibility index (Phi) is 5.21. The number of halogens is 1. The molecule has 0 N–H and O–H groups in total. The summed E-state index contributed by atoms with van der Waals surface area (Å²) in [5.41, 5.74) is 4.78. The molecule has 0 bridgehead atoms. The number of carbonyl (C=O) groups excluding carboxylic acids is 1. The Balaban J connectivity index is 3.26. The van der Waals surface area contributed by atoms with Gasteiger partial charge < -0.3 is 4.90 Å². The molecule has 1 rings (SSSR count). The number of anilines is 1. The standard InChI is InChI=1S/C15H22ClNO/c1-6-14-11(4)7-13(8-12(14)5)17(10(2)3)15(18)9-16/h7-8,10H,6,9H2,1-5H3. The van der Waals surface area contributed by atoms with Gasteiger partial charge in [0.25, 0.3) is 0 Å². The van der Waals surface area contributed by atoms with Gasteiger partial charge in [0, 0.05) is 11.7 Å². The van der Waals surface area contributed by atoms with E-state index in [1.807, 2.05) is 13.8 Å². The lowest BCUT2D eigenvalue weighted by atomic mass is 9.99. The quantitative estimate of drug-likeness (QED) is 0.759. The molecule has 2 nitrogen and oxygen atoms in total. The summed E-state index contributed by atoms with van der Waals surface area (Å²) in [5.74, 6) is -0.0269. The van der Waals surface area contributed by atoms with Crippen molar-refractivity contribution in [3.8, 4) is 0 Å². The van der Waals surface area contributed by atoms with Crippen molar-refractivity contribution < 1.29 is 4.79 Å². The fourth-order valence-corrected chi connectivity index (χ4v) is 2.59. The van der Waals surface area contributed by atoms with Gasteiger partial charge in [0.15, 0.2) is 0 Å². The van der Waals surface area contributed by atoms with E-state index in [1.165, 1.54) is 16.7 Å². The second kappa shape index (κ2) is 6.24. The monoisotopic (exact) mass is 267 g/mol. The van der Waals surface area contributed by atoms with E-state index in [0.717, 1.165) is 12.1 Å². The van der Waals surface area contributed by atoms with Crippen LogP contribution in [0.5, 0.6) is 0 Å². The Morgan fingerprint density at radius 1 is 1.28 bits per heavy atom. The van der Waals surface area contributed by atoms with Crippen LogP contribution >= 0.6 is 11.6 Å². The zero-order valence-corrected chi connectivity index (χ0v) is 12.6. The number of nitrogens with zero attached hydrogens (tertiary/aromatic N) is 1. The Bertz CT molecular complexity index is 417. The summed E-state index contributed by atoms with van der Waals surface area (Å²) in [5, 5.41) is 0. The molecule has 1 aromatic carbocycles. The van der Waals surface area contributed by atoms with Crippen molar-refractivity contribution in [1.82, 2.24) is 0 Å². The SMILES string of the molecule is CCc1c(C)cc(N(C(=O)CCl)C(C)C)cc1C. The normalized spacial score (nSPS) is 10.8. The summed E-state index contributed by atoms with van der Waals surface area (Å²) in [6.07, 6.45) is 1.02. The lowest BCUT2D eigenvalue weighted by Crippen LogP contribution is -2.38. The van der Waals surface area contributed by atoms with Crippen LogP contribution in [0.4, 0.5) is 5.69 Å². The van der Waals surface area contributed by atoms with Gasteiger partial charge >= 0.3 is 0 Å². The van der Waals surface area contributed by atoms with Crippen LogP contribution in [-0.4, -0.2) is 17.8 Å². The third kappa shape index (κ3) is 3.05. The van der Waals surface area contributed by atoms with Crippen LogP contribution in [0.2, 0.25) is 0 Å². The zero-order chi connectivity index (χ0) is 13.9. The minimum atomic E-state index is -0.0466. The molecule has 0 aliphatic rings. The maximum atomic E-state index is 11.9. The summed E-state index contributed by atoms with van der Waals surface area (Å²) in [7, 11) is 0. The molecule has 0 atom stereocenters. The first-order valence-corrected chi connectivity index (χ1v) is 6.93. The summed E-state index contributed by atoms with van der Waals surface area (Å²) in [6.45, 7) is 10.4. The highest BCUT2D eigenvalue weighted by Gasteiger charge is 2.19. The number of aryl methyl sites for hydroxylation is 2. The van der Waals surface area contributed by atoms with E-state index in [1.54, 1.807) is 4.90 Å². The average Bonchev–Trinajstić information content (AvgIpc) is 2.28. The Hall–Kier alpha value is -1.02. The molecule has 0 aliphatic heterocycles. The summed E-state index contributed by atoms with van der Waals surface area (Å²) in [6, 6.07) is 4.27. The first kappa shape index (κ1) is 15.0. The van der Waals surface area contributed by atoms with Crippen molar-refractivity contribution in [2.75, 3.05) is 10.8 Å². The molecule has 3 heteroatoms. The fourth-order valence-electron chi connectivity index (χ4n) is 2.46. The highest BCUT2D eigenvalue weighted by atomic mass is 35.5. The first-order valence-electron chi connectivity index (χ1n) is 6.40. The average molecular weight is 268 g/mol. The molecule has 0 heterocycles. The van der Waals surface area contributed by atoms with Gasteiger partial charge in [-0.3, -0.25) is 4.79 Å². The molecule has 1 amide bonds. The Morgan fingerprint density at radius 3 is 2.11 bits per heavy atom. The van der Waals surface area contributed by atoms with Crippen LogP contribution in [-0.2, 0) is 11.2 Å². The number of hydrogen-bond donors (Lipinski definition) is 0. The van der Waals surface area contributed by atoms with Gasteiger partial charge in [0.1, 0.15) is 5.88 Å². The van der Waals surface area contributed by atoms with E-state index in [-0.39, 0.29) is 17.8 Å². The number of hydrogen-bond acceptors (Lipinski definition) is 1. The van der Waals surface area contributed by atoms with Crippen LogP contribution in [0.3, 0.4) is 0 Å². The third-order valence-corrected chi connectivity index (χ3v) is 3.44. The van der Waals surface area contributed by atoms with Gasteiger partial charge in [-0.1, -0.05) is 6.92 Å². The summed E-state index contributed by atoms with van der Waals surface area (Å²) < 4.78 is 0. The molecule has 0 unspecified atom stereocenters. The Morgan fingerprint density at radius 2 is 1.78 bits per heavy atom. The van der Waals surface area contributed by atoms with E-state index in [9.17, 15) is 4.79 Å². The topological polar surface area (TPSA) is 20.3 Å². The van der Waals surface area contributed by atoms with Gasteiger partial charge in [-0.05, 0) is 62.9 Å². The largest absolute Gasteiger partial charge is 0.309 e. The molecule has 18 heavy (non-hydrogen) atoms. The van der Waals surface area contributed by atoms with E-state index in [2.05, 4.69) is 32.9 Å². The van der Waals surface area contributed by atoms with Crippen LogP contribution in [0.15, 0.2) is 12.1 Å². The lowest BCUT2D eigenvalue weighted by Gasteiger charge is -2.27. The second-order valence-electron chi connectivity index (χ2n) is 4.90. The van der Waals surface area contributed by atoms with Crippen LogP contribution in [0, 0.1) is 13.8 Å².